The van der Waals surface area contributed by atoms with E-state index in [-0.39, 0.29) is 18.6 Å². The van der Waals surface area contributed by atoms with Gasteiger partial charge in [0.05, 0.1) is 18.3 Å². The van der Waals surface area contributed by atoms with Gasteiger partial charge in [0.25, 0.3) is 0 Å². The molecule has 2 heterocycles. The van der Waals surface area contributed by atoms with Crippen LogP contribution in [0.5, 0.6) is 5.75 Å². The van der Waals surface area contributed by atoms with E-state index in [1.54, 1.807) is 30.5 Å². The lowest BCUT2D eigenvalue weighted by molar-refractivity contribution is -0.0366. The maximum atomic E-state index is 13.0. The standard InChI is InChI=1S/C26H31N3O5/c1-26(2,3)34-25(31)27-13-15-32-21-10-7-18(8-11-21)24(30)19-9-12-22-20(16-19)17-28-29(22)23-6-4-5-14-33-23/h7-12,16-17,23H,4-6,13-15H2,1-3H3,(H,27,31). The monoisotopic (exact) mass is 465 g/mol. The molecule has 0 saturated carbocycles. The van der Waals surface area contributed by atoms with Gasteiger partial charge < -0.3 is 19.5 Å². The molecule has 2 aromatic carbocycles. The Morgan fingerprint density at radius 1 is 1.12 bits per heavy atom. The van der Waals surface area contributed by atoms with Gasteiger partial charge >= 0.3 is 6.09 Å². The fourth-order valence-electron chi connectivity index (χ4n) is 3.85. The maximum absolute atomic E-state index is 13.0. The summed E-state index contributed by atoms with van der Waals surface area (Å²) in [6.45, 7) is 6.78. The Labute approximate surface area is 199 Å². The number of ketones is 1. The van der Waals surface area contributed by atoms with E-state index in [1.807, 2.05) is 43.7 Å². The number of carbonyl (C=O) groups excluding carboxylic acids is 2. The van der Waals surface area contributed by atoms with E-state index in [0.29, 0.717) is 23.4 Å². The second-order valence-corrected chi connectivity index (χ2v) is 9.31. The van der Waals surface area contributed by atoms with Crippen LogP contribution in [0.2, 0.25) is 0 Å². The van der Waals surface area contributed by atoms with Crippen molar-refractivity contribution in [3.63, 3.8) is 0 Å². The molecule has 1 aromatic heterocycles. The number of hydrogen-bond acceptors (Lipinski definition) is 6. The number of nitrogens with zero attached hydrogens (tertiary/aromatic N) is 2. The average Bonchev–Trinajstić information content (AvgIpc) is 3.24. The molecule has 1 fully saturated rings. The summed E-state index contributed by atoms with van der Waals surface area (Å²) in [5, 5.41) is 8.05. The molecule has 1 unspecified atom stereocenters. The van der Waals surface area contributed by atoms with Gasteiger partial charge in [0, 0.05) is 23.1 Å². The van der Waals surface area contributed by atoms with Crippen molar-refractivity contribution in [1.82, 2.24) is 15.1 Å². The molecule has 0 aliphatic carbocycles. The Hall–Kier alpha value is -3.39. The van der Waals surface area contributed by atoms with Gasteiger partial charge in [-0.25, -0.2) is 9.48 Å². The molecule has 1 saturated heterocycles. The summed E-state index contributed by atoms with van der Waals surface area (Å²) >= 11 is 0. The van der Waals surface area contributed by atoms with Gasteiger partial charge in [0.1, 0.15) is 18.0 Å². The van der Waals surface area contributed by atoms with Crippen molar-refractivity contribution < 1.29 is 23.8 Å². The van der Waals surface area contributed by atoms with Gasteiger partial charge in [-0.15, -0.1) is 0 Å². The number of hydrogen-bond donors (Lipinski definition) is 1. The number of aromatic nitrogens is 2. The van der Waals surface area contributed by atoms with E-state index in [4.69, 9.17) is 14.2 Å². The molecule has 1 atom stereocenters. The smallest absolute Gasteiger partial charge is 0.407 e. The zero-order valence-corrected chi connectivity index (χ0v) is 19.9. The molecule has 4 rings (SSSR count). The van der Waals surface area contributed by atoms with Gasteiger partial charge in [-0.1, -0.05) is 0 Å². The first-order valence-corrected chi connectivity index (χ1v) is 11.6. The topological polar surface area (TPSA) is 91.7 Å². The molecule has 1 aliphatic heterocycles. The predicted octanol–water partition coefficient (Wildman–Crippen LogP) is 4.87. The third-order valence-electron chi connectivity index (χ3n) is 5.44. The highest BCUT2D eigenvalue weighted by Crippen LogP contribution is 2.27. The highest BCUT2D eigenvalue weighted by Gasteiger charge is 2.19. The minimum atomic E-state index is -0.540. The first kappa shape index (κ1) is 23.8. The highest BCUT2D eigenvalue weighted by atomic mass is 16.6. The second-order valence-electron chi connectivity index (χ2n) is 9.31. The van der Waals surface area contributed by atoms with Crippen molar-refractivity contribution in [3.8, 4) is 5.75 Å². The van der Waals surface area contributed by atoms with E-state index in [0.717, 1.165) is 36.8 Å². The summed E-state index contributed by atoms with van der Waals surface area (Å²) in [6, 6.07) is 12.6. The summed E-state index contributed by atoms with van der Waals surface area (Å²) in [4.78, 5) is 24.7. The number of carbonyl (C=O) groups is 2. The van der Waals surface area contributed by atoms with Gasteiger partial charge in [0.2, 0.25) is 0 Å². The van der Waals surface area contributed by atoms with Crippen LogP contribution in [0.1, 0.15) is 62.2 Å². The molecule has 1 N–H and O–H groups in total. The van der Waals surface area contributed by atoms with E-state index >= 15 is 0 Å². The van der Waals surface area contributed by atoms with Crippen molar-refractivity contribution in [2.24, 2.45) is 0 Å². The summed E-state index contributed by atoms with van der Waals surface area (Å²) in [5.74, 6) is 0.549. The fraction of sp³-hybridized carbons (Fsp3) is 0.423. The van der Waals surface area contributed by atoms with Gasteiger partial charge in [0.15, 0.2) is 12.0 Å². The minimum absolute atomic E-state index is 0.0420. The Bertz CT molecular complexity index is 1140. The third kappa shape index (κ3) is 5.94. The summed E-state index contributed by atoms with van der Waals surface area (Å²) < 4.78 is 18.6. The number of amides is 1. The first-order chi connectivity index (χ1) is 16.3. The molecular weight excluding hydrogens is 434 g/mol. The lowest BCUT2D eigenvalue weighted by atomic mass is 10.0. The Balaban J connectivity index is 1.33. The van der Waals surface area contributed by atoms with E-state index in [1.165, 1.54) is 0 Å². The van der Waals surface area contributed by atoms with Gasteiger partial charge in [-0.05, 0) is 82.5 Å². The number of alkyl carbamates (subject to hydrolysis) is 1. The summed E-state index contributed by atoms with van der Waals surface area (Å²) in [7, 11) is 0. The average molecular weight is 466 g/mol. The predicted molar refractivity (Wildman–Crippen MR) is 128 cm³/mol. The molecule has 1 amide bonds. The fourth-order valence-corrected chi connectivity index (χ4v) is 3.85. The lowest BCUT2D eigenvalue weighted by Gasteiger charge is -2.23. The number of ether oxygens (including phenoxy) is 3. The Morgan fingerprint density at radius 2 is 1.88 bits per heavy atom. The number of fused-ring (bicyclic) bond motifs is 1. The molecule has 34 heavy (non-hydrogen) atoms. The molecule has 180 valence electrons. The van der Waals surface area contributed by atoms with Crippen molar-refractivity contribution in [2.75, 3.05) is 19.8 Å². The molecule has 0 bridgehead atoms. The van der Waals surface area contributed by atoms with Crippen LogP contribution in [0.3, 0.4) is 0 Å². The van der Waals surface area contributed by atoms with Crippen molar-refractivity contribution in [2.45, 2.75) is 51.9 Å². The third-order valence-corrected chi connectivity index (χ3v) is 5.44. The largest absolute Gasteiger partial charge is 0.492 e. The molecular formula is C26H31N3O5. The number of rotatable bonds is 7. The molecule has 0 spiro atoms. The van der Waals surface area contributed by atoms with Crippen LogP contribution in [0, 0.1) is 0 Å². The van der Waals surface area contributed by atoms with Crippen LogP contribution < -0.4 is 10.1 Å². The van der Waals surface area contributed by atoms with E-state index < -0.39 is 11.7 Å². The molecule has 0 radical (unpaired) electrons. The van der Waals surface area contributed by atoms with Crippen LogP contribution in [-0.4, -0.2) is 47.0 Å². The first-order valence-electron chi connectivity index (χ1n) is 11.6. The van der Waals surface area contributed by atoms with Gasteiger partial charge in [-0.3, -0.25) is 4.79 Å². The van der Waals surface area contributed by atoms with Crippen molar-refractivity contribution >= 4 is 22.8 Å². The summed E-state index contributed by atoms with van der Waals surface area (Å²) in [5.41, 5.74) is 1.60. The van der Waals surface area contributed by atoms with Crippen LogP contribution in [0.25, 0.3) is 10.9 Å². The van der Waals surface area contributed by atoms with Crippen LogP contribution in [0.15, 0.2) is 48.7 Å². The molecule has 3 aromatic rings. The van der Waals surface area contributed by atoms with Crippen molar-refractivity contribution in [3.05, 3.63) is 59.8 Å². The zero-order valence-electron chi connectivity index (χ0n) is 19.9. The zero-order chi connectivity index (χ0) is 24.1. The lowest BCUT2D eigenvalue weighted by Crippen LogP contribution is -2.34. The molecule has 8 nitrogen and oxygen atoms in total. The number of nitrogens with one attached hydrogen (secondary N) is 1. The van der Waals surface area contributed by atoms with Crippen molar-refractivity contribution in [1.29, 1.82) is 0 Å². The Kier molecular flexibility index (Phi) is 7.17. The summed E-state index contributed by atoms with van der Waals surface area (Å²) in [6.07, 6.45) is 4.42. The van der Waals surface area contributed by atoms with E-state index in [9.17, 15) is 9.59 Å². The normalized spacial score (nSPS) is 16.3. The second kappa shape index (κ2) is 10.3. The van der Waals surface area contributed by atoms with Crippen LogP contribution >= 0.6 is 0 Å². The molecule has 8 heteroatoms. The van der Waals surface area contributed by atoms with Crippen LogP contribution in [-0.2, 0) is 9.47 Å². The quantitative estimate of drug-likeness (QED) is 0.395. The Morgan fingerprint density at radius 3 is 2.59 bits per heavy atom. The minimum Gasteiger partial charge on any atom is -0.492 e. The van der Waals surface area contributed by atoms with Crippen LogP contribution in [0.4, 0.5) is 4.79 Å². The maximum Gasteiger partial charge on any atom is 0.407 e. The SMILES string of the molecule is CC(C)(C)OC(=O)NCCOc1ccc(C(=O)c2ccc3c(cnn3C3CCCCO3)c2)cc1. The molecule has 1 aliphatic rings. The highest BCUT2D eigenvalue weighted by molar-refractivity contribution is 6.10. The number of benzene rings is 2. The van der Waals surface area contributed by atoms with Gasteiger partial charge in [-0.2, -0.15) is 5.10 Å². The van der Waals surface area contributed by atoms with E-state index in [2.05, 4.69) is 10.4 Å².